The van der Waals surface area contributed by atoms with Crippen LogP contribution in [0.4, 0.5) is 0 Å². The molecule has 4 aromatic rings. The van der Waals surface area contributed by atoms with Gasteiger partial charge in [0.2, 0.25) is 0 Å². The average Bonchev–Trinajstić information content (AvgIpc) is 2.97. The molecular formula is C31H31N3O5S. The summed E-state index contributed by atoms with van der Waals surface area (Å²) in [5.74, 6) is 0.128. The maximum atomic E-state index is 12.9. The van der Waals surface area contributed by atoms with Gasteiger partial charge in [0, 0.05) is 36.6 Å². The molecule has 1 aliphatic heterocycles. The second-order valence-corrected chi connectivity index (χ2v) is 11.5. The van der Waals surface area contributed by atoms with Gasteiger partial charge in [-0.1, -0.05) is 42.5 Å². The molecule has 0 saturated heterocycles. The monoisotopic (exact) mass is 557 g/mol. The lowest BCUT2D eigenvalue weighted by molar-refractivity contribution is 0.0981. The summed E-state index contributed by atoms with van der Waals surface area (Å²) in [6.45, 7) is 2.71. The molecule has 3 N–H and O–H groups in total. The Morgan fingerprint density at radius 2 is 1.88 bits per heavy atom. The summed E-state index contributed by atoms with van der Waals surface area (Å²) >= 11 is 0. The van der Waals surface area contributed by atoms with Crippen LogP contribution in [0, 0.1) is 6.92 Å². The van der Waals surface area contributed by atoms with Gasteiger partial charge < -0.3 is 15.2 Å². The number of carbonyl (C=O) groups excluding carboxylic acids is 1. The van der Waals surface area contributed by atoms with Gasteiger partial charge in [0.25, 0.3) is 15.9 Å². The standard InChI is InChI=1S/C31H31N3O5S/c1-21-6-2-3-10-30(21)40(37,38)34-31(36)25-8-4-7-22(17-25)23-12-14-29-24(16-23)11-13-27(39-29)19-33-20-28(35)26-9-5-15-32-18-26/h2-10,12,14-18,27-28,33,35H,11,13,19-20H2,1H3,(H,34,36)/t27-,28-/m1/s1. The van der Waals surface area contributed by atoms with Crippen molar-refractivity contribution in [3.8, 4) is 16.9 Å². The van der Waals surface area contributed by atoms with E-state index in [0.717, 1.165) is 40.8 Å². The maximum Gasteiger partial charge on any atom is 0.265 e. The molecule has 3 aromatic carbocycles. The minimum atomic E-state index is -4.00. The van der Waals surface area contributed by atoms with Crippen molar-refractivity contribution in [2.24, 2.45) is 0 Å². The Labute approximate surface area is 234 Å². The zero-order chi connectivity index (χ0) is 28.1. The Bertz CT molecular complexity index is 1610. The Kier molecular flexibility index (Phi) is 8.25. The summed E-state index contributed by atoms with van der Waals surface area (Å²) in [6, 6.07) is 23.0. The Morgan fingerprint density at radius 3 is 2.67 bits per heavy atom. The number of rotatable bonds is 9. The molecule has 0 saturated carbocycles. The third-order valence-electron chi connectivity index (χ3n) is 6.94. The van der Waals surface area contributed by atoms with Gasteiger partial charge in [-0.2, -0.15) is 0 Å². The molecule has 9 heteroatoms. The topological polar surface area (TPSA) is 118 Å². The molecule has 2 atom stereocenters. The highest BCUT2D eigenvalue weighted by atomic mass is 32.2. The van der Waals surface area contributed by atoms with Crippen molar-refractivity contribution in [2.45, 2.75) is 36.9 Å². The Hall–Kier alpha value is -4.05. The molecule has 40 heavy (non-hydrogen) atoms. The smallest absolute Gasteiger partial charge is 0.265 e. The fourth-order valence-electron chi connectivity index (χ4n) is 4.77. The first kappa shape index (κ1) is 27.5. The lowest BCUT2D eigenvalue weighted by Crippen LogP contribution is -2.36. The molecule has 1 aliphatic rings. The normalized spacial score (nSPS) is 15.5. The van der Waals surface area contributed by atoms with Crippen LogP contribution in [0.5, 0.6) is 5.75 Å². The van der Waals surface area contributed by atoms with Crippen molar-refractivity contribution in [3.63, 3.8) is 0 Å². The van der Waals surface area contributed by atoms with E-state index in [0.29, 0.717) is 18.7 Å². The molecular weight excluding hydrogens is 526 g/mol. The zero-order valence-corrected chi connectivity index (χ0v) is 22.9. The summed E-state index contributed by atoms with van der Waals surface area (Å²) in [7, 11) is -4.00. The van der Waals surface area contributed by atoms with Crippen LogP contribution in [0.3, 0.4) is 0 Å². The molecule has 1 amide bonds. The molecule has 206 valence electrons. The highest BCUT2D eigenvalue weighted by Crippen LogP contribution is 2.32. The van der Waals surface area contributed by atoms with Crippen LogP contribution in [0.25, 0.3) is 11.1 Å². The van der Waals surface area contributed by atoms with Gasteiger partial charge in [0.05, 0.1) is 11.0 Å². The third kappa shape index (κ3) is 6.39. The minimum Gasteiger partial charge on any atom is -0.489 e. The predicted octanol–water partition coefficient (Wildman–Crippen LogP) is 4.19. The van der Waals surface area contributed by atoms with Crippen LogP contribution in [-0.2, 0) is 16.4 Å². The first-order valence-corrected chi connectivity index (χ1v) is 14.6. The van der Waals surface area contributed by atoms with Crippen molar-refractivity contribution < 1.29 is 23.1 Å². The summed E-state index contributed by atoms with van der Waals surface area (Å²) < 4.78 is 33.9. The van der Waals surface area contributed by atoms with Crippen LogP contribution in [0.2, 0.25) is 0 Å². The van der Waals surface area contributed by atoms with E-state index in [2.05, 4.69) is 15.0 Å². The van der Waals surface area contributed by atoms with Gasteiger partial charge in [0.1, 0.15) is 11.9 Å². The van der Waals surface area contributed by atoms with E-state index in [1.54, 1.807) is 61.8 Å². The number of aliphatic hydroxyl groups excluding tert-OH is 1. The van der Waals surface area contributed by atoms with Crippen LogP contribution in [-0.4, -0.2) is 43.6 Å². The number of nitrogens with zero attached hydrogens (tertiary/aromatic N) is 1. The van der Waals surface area contributed by atoms with Gasteiger partial charge in [-0.25, -0.2) is 13.1 Å². The quantitative estimate of drug-likeness (QED) is 0.282. The van der Waals surface area contributed by atoms with E-state index in [4.69, 9.17) is 4.74 Å². The highest BCUT2D eigenvalue weighted by Gasteiger charge is 2.22. The SMILES string of the molecule is Cc1ccccc1S(=O)(=O)NC(=O)c1cccc(-c2ccc3c(c2)CC[C@H](CNC[C@@H](O)c2cccnc2)O3)c1. The molecule has 0 spiro atoms. The first-order chi connectivity index (χ1) is 19.3. The van der Waals surface area contributed by atoms with E-state index >= 15 is 0 Å². The molecule has 8 nitrogen and oxygen atoms in total. The number of carbonyl (C=O) groups is 1. The van der Waals surface area contributed by atoms with Crippen molar-refractivity contribution >= 4 is 15.9 Å². The van der Waals surface area contributed by atoms with Crippen molar-refractivity contribution in [2.75, 3.05) is 13.1 Å². The van der Waals surface area contributed by atoms with Gasteiger partial charge in [-0.3, -0.25) is 9.78 Å². The number of hydrogen-bond donors (Lipinski definition) is 3. The summed E-state index contributed by atoms with van der Waals surface area (Å²) in [4.78, 5) is 17.0. The number of fused-ring (bicyclic) bond motifs is 1. The molecule has 1 aromatic heterocycles. The number of amides is 1. The van der Waals surface area contributed by atoms with Crippen molar-refractivity contribution in [1.82, 2.24) is 15.0 Å². The number of aryl methyl sites for hydroxylation is 2. The predicted molar refractivity (Wildman–Crippen MR) is 153 cm³/mol. The average molecular weight is 558 g/mol. The lowest BCUT2D eigenvalue weighted by atomic mass is 9.96. The molecule has 0 unspecified atom stereocenters. The largest absolute Gasteiger partial charge is 0.489 e. The van der Waals surface area contributed by atoms with E-state index < -0.39 is 22.0 Å². The number of benzene rings is 3. The van der Waals surface area contributed by atoms with Gasteiger partial charge in [-0.15, -0.1) is 0 Å². The fraction of sp³-hybridized carbons (Fsp3) is 0.226. The molecule has 5 rings (SSSR count). The van der Waals surface area contributed by atoms with Crippen LogP contribution in [0.1, 0.15) is 39.6 Å². The van der Waals surface area contributed by atoms with E-state index in [1.807, 2.05) is 30.3 Å². The lowest BCUT2D eigenvalue weighted by Gasteiger charge is -2.27. The Balaban J connectivity index is 1.22. The second kappa shape index (κ2) is 12.0. The van der Waals surface area contributed by atoms with Crippen molar-refractivity contribution in [1.29, 1.82) is 0 Å². The summed E-state index contributed by atoms with van der Waals surface area (Å²) in [5.41, 5.74) is 4.37. The number of ether oxygens (including phenoxy) is 1. The number of hydrogen-bond acceptors (Lipinski definition) is 7. The first-order valence-electron chi connectivity index (χ1n) is 13.1. The van der Waals surface area contributed by atoms with Crippen LogP contribution >= 0.6 is 0 Å². The fourth-order valence-corrected chi connectivity index (χ4v) is 6.00. The summed E-state index contributed by atoms with van der Waals surface area (Å²) in [5, 5.41) is 13.6. The molecule has 0 radical (unpaired) electrons. The van der Waals surface area contributed by atoms with Gasteiger partial charge in [0.15, 0.2) is 0 Å². The third-order valence-corrected chi connectivity index (χ3v) is 8.43. The number of aliphatic hydroxyl groups is 1. The minimum absolute atomic E-state index is 0.0123. The maximum absolute atomic E-state index is 12.9. The van der Waals surface area contributed by atoms with E-state index in [-0.39, 0.29) is 16.6 Å². The molecule has 0 fully saturated rings. The van der Waals surface area contributed by atoms with Crippen LogP contribution in [0.15, 0.2) is 96.2 Å². The van der Waals surface area contributed by atoms with Gasteiger partial charge >= 0.3 is 0 Å². The molecule has 0 bridgehead atoms. The van der Waals surface area contributed by atoms with Gasteiger partial charge in [-0.05, 0) is 78.4 Å². The molecule has 0 aliphatic carbocycles. The van der Waals surface area contributed by atoms with E-state index in [9.17, 15) is 18.3 Å². The van der Waals surface area contributed by atoms with Crippen LogP contribution < -0.4 is 14.8 Å². The van der Waals surface area contributed by atoms with Crippen molar-refractivity contribution in [3.05, 3.63) is 114 Å². The second-order valence-electron chi connectivity index (χ2n) is 9.84. The van der Waals surface area contributed by atoms with E-state index in [1.165, 1.54) is 6.07 Å². The molecule has 2 heterocycles. The Morgan fingerprint density at radius 1 is 1.05 bits per heavy atom. The number of sulfonamides is 1. The number of aromatic nitrogens is 1. The number of pyridine rings is 1. The highest BCUT2D eigenvalue weighted by molar-refractivity contribution is 7.90. The zero-order valence-electron chi connectivity index (χ0n) is 22.1. The summed E-state index contributed by atoms with van der Waals surface area (Å²) in [6.07, 6.45) is 4.35. The number of nitrogens with one attached hydrogen (secondary N) is 2.